The van der Waals surface area contributed by atoms with Crippen LogP contribution in [0.25, 0.3) is 0 Å². The number of rotatable bonds is 2. The van der Waals surface area contributed by atoms with Crippen LogP contribution >= 0.6 is 0 Å². The third-order valence-corrected chi connectivity index (χ3v) is 1.26. The summed E-state index contributed by atoms with van der Waals surface area (Å²) in [4.78, 5) is 0. The van der Waals surface area contributed by atoms with E-state index in [9.17, 15) is 0 Å². The Kier molecular flexibility index (Phi) is 3.02. The molecule has 0 bridgehead atoms. The molecule has 2 heteroatoms. The Morgan fingerprint density at radius 1 is 1.25 bits per heavy atom. The highest BCUT2D eigenvalue weighted by Gasteiger charge is 2.10. The van der Waals surface area contributed by atoms with Crippen LogP contribution in [0.15, 0.2) is 0 Å². The summed E-state index contributed by atoms with van der Waals surface area (Å²) in [6.45, 7) is 7.69. The fourth-order valence-corrected chi connectivity index (χ4v) is 0.494. The Labute approximate surface area is 51.2 Å². The van der Waals surface area contributed by atoms with E-state index in [1.807, 2.05) is 13.8 Å². The predicted molar refractivity (Wildman–Crippen MR) is 36.1 cm³/mol. The van der Waals surface area contributed by atoms with E-state index in [2.05, 4.69) is 6.92 Å². The van der Waals surface area contributed by atoms with Gasteiger partial charge in [-0.3, -0.25) is 0 Å². The summed E-state index contributed by atoms with van der Waals surface area (Å²) in [7, 11) is 0. The summed E-state index contributed by atoms with van der Waals surface area (Å²) in [6.07, 6.45) is 0. The average molecular weight is 115 g/mol. The van der Waals surface area contributed by atoms with Crippen LogP contribution in [0, 0.1) is 12.8 Å². The maximum Gasteiger partial charge on any atom is 0.0215 e. The third kappa shape index (κ3) is 2.28. The van der Waals surface area contributed by atoms with Crippen molar-refractivity contribution in [2.45, 2.75) is 25.9 Å². The van der Waals surface area contributed by atoms with Gasteiger partial charge >= 0.3 is 0 Å². The summed E-state index contributed by atoms with van der Waals surface area (Å²) in [5.74, 6) is 0.433. The molecule has 0 saturated heterocycles. The minimum Gasteiger partial charge on any atom is -0.326 e. The van der Waals surface area contributed by atoms with Crippen molar-refractivity contribution in [3.8, 4) is 0 Å². The maximum absolute atomic E-state index is 5.57. The first-order valence-electron chi connectivity index (χ1n) is 2.90. The normalized spacial score (nSPS) is 18.8. The molecule has 0 amide bonds. The van der Waals surface area contributed by atoms with Crippen molar-refractivity contribution in [1.82, 2.24) is 0 Å². The van der Waals surface area contributed by atoms with Crippen LogP contribution in [-0.2, 0) is 0 Å². The van der Waals surface area contributed by atoms with E-state index >= 15 is 0 Å². The second kappa shape index (κ2) is 3.05. The Hall–Kier alpha value is -0.0800. The van der Waals surface area contributed by atoms with Gasteiger partial charge in [0.15, 0.2) is 0 Å². The monoisotopic (exact) mass is 115 g/mol. The second-order valence-corrected chi connectivity index (χ2v) is 2.49. The standard InChI is InChI=1S/C6H15N2/c1-4(2)6(8)5(3)7/h4-6H,3,7-8H2,1-2H3. The summed E-state index contributed by atoms with van der Waals surface area (Å²) in [5.41, 5.74) is 11.0. The minimum absolute atomic E-state index is 0.0370. The van der Waals surface area contributed by atoms with Crippen molar-refractivity contribution in [2.75, 3.05) is 0 Å². The fraction of sp³-hybridized carbons (Fsp3) is 0.833. The highest BCUT2D eigenvalue weighted by atomic mass is 14.8. The van der Waals surface area contributed by atoms with Crippen molar-refractivity contribution < 1.29 is 0 Å². The highest BCUT2D eigenvalue weighted by molar-refractivity contribution is 4.79. The second-order valence-electron chi connectivity index (χ2n) is 2.49. The summed E-state index contributed by atoms with van der Waals surface area (Å²) in [5, 5.41) is 0. The van der Waals surface area contributed by atoms with Gasteiger partial charge in [-0.15, -0.1) is 0 Å². The van der Waals surface area contributed by atoms with Crippen molar-refractivity contribution in [1.29, 1.82) is 0 Å². The van der Waals surface area contributed by atoms with Gasteiger partial charge in [0.2, 0.25) is 0 Å². The highest BCUT2D eigenvalue weighted by Crippen LogP contribution is 1.99. The molecule has 0 aromatic carbocycles. The molecule has 0 aliphatic carbocycles. The van der Waals surface area contributed by atoms with Gasteiger partial charge < -0.3 is 11.5 Å². The van der Waals surface area contributed by atoms with Crippen LogP contribution in [-0.4, -0.2) is 12.1 Å². The zero-order chi connectivity index (χ0) is 6.73. The topological polar surface area (TPSA) is 52.0 Å². The molecule has 2 atom stereocenters. The molecule has 0 aliphatic rings. The number of hydrogen-bond donors (Lipinski definition) is 2. The number of hydrogen-bond acceptors (Lipinski definition) is 2. The van der Waals surface area contributed by atoms with Gasteiger partial charge in [-0.25, -0.2) is 0 Å². The summed E-state index contributed by atoms with van der Waals surface area (Å²) < 4.78 is 0. The molecule has 0 heterocycles. The van der Waals surface area contributed by atoms with Crippen LogP contribution in [0.1, 0.15) is 13.8 Å². The van der Waals surface area contributed by atoms with Crippen LogP contribution in [0.3, 0.4) is 0 Å². The van der Waals surface area contributed by atoms with Crippen LogP contribution < -0.4 is 11.5 Å². The van der Waals surface area contributed by atoms with Crippen molar-refractivity contribution in [3.63, 3.8) is 0 Å². The largest absolute Gasteiger partial charge is 0.326 e. The van der Waals surface area contributed by atoms with Crippen LogP contribution in [0.5, 0.6) is 0 Å². The molecule has 4 N–H and O–H groups in total. The molecule has 0 spiro atoms. The molecule has 8 heavy (non-hydrogen) atoms. The van der Waals surface area contributed by atoms with E-state index < -0.39 is 0 Å². The molecular formula is C6H15N2. The van der Waals surface area contributed by atoms with Gasteiger partial charge in [0.25, 0.3) is 0 Å². The van der Waals surface area contributed by atoms with E-state index in [4.69, 9.17) is 11.5 Å². The van der Waals surface area contributed by atoms with Gasteiger partial charge in [-0.1, -0.05) is 13.8 Å². The van der Waals surface area contributed by atoms with E-state index in [-0.39, 0.29) is 12.1 Å². The first-order valence-corrected chi connectivity index (χ1v) is 2.90. The number of nitrogens with two attached hydrogens (primary N) is 2. The quantitative estimate of drug-likeness (QED) is 0.537. The van der Waals surface area contributed by atoms with Gasteiger partial charge in [-0.05, 0) is 12.8 Å². The average Bonchev–Trinajstić information content (AvgIpc) is 1.64. The first-order chi connectivity index (χ1) is 3.55. The van der Waals surface area contributed by atoms with Gasteiger partial charge in [0.05, 0.1) is 0 Å². The van der Waals surface area contributed by atoms with E-state index in [1.165, 1.54) is 0 Å². The van der Waals surface area contributed by atoms with Crippen molar-refractivity contribution in [3.05, 3.63) is 6.92 Å². The Morgan fingerprint density at radius 3 is 1.62 bits per heavy atom. The summed E-state index contributed by atoms with van der Waals surface area (Å²) >= 11 is 0. The Balaban J connectivity index is 3.46. The molecule has 2 nitrogen and oxygen atoms in total. The lowest BCUT2D eigenvalue weighted by atomic mass is 10.00. The molecule has 0 aromatic rings. The first kappa shape index (κ1) is 7.92. The predicted octanol–water partition coefficient (Wildman–Crippen LogP) is 0.131. The van der Waals surface area contributed by atoms with Crippen molar-refractivity contribution >= 4 is 0 Å². The maximum atomic E-state index is 5.57. The minimum atomic E-state index is -0.130. The Morgan fingerprint density at radius 2 is 1.62 bits per heavy atom. The van der Waals surface area contributed by atoms with E-state index in [0.717, 1.165) is 0 Å². The molecule has 0 rings (SSSR count). The van der Waals surface area contributed by atoms with Crippen molar-refractivity contribution in [2.24, 2.45) is 17.4 Å². The van der Waals surface area contributed by atoms with E-state index in [0.29, 0.717) is 5.92 Å². The smallest absolute Gasteiger partial charge is 0.0215 e. The molecule has 0 fully saturated rings. The van der Waals surface area contributed by atoms with E-state index in [1.54, 1.807) is 0 Å². The molecular weight excluding hydrogens is 100 g/mol. The summed E-state index contributed by atoms with van der Waals surface area (Å²) in [6, 6.07) is -0.0926. The Bertz CT molecular complexity index is 51.5. The fourth-order valence-electron chi connectivity index (χ4n) is 0.494. The lowest BCUT2D eigenvalue weighted by Crippen LogP contribution is -2.42. The zero-order valence-electron chi connectivity index (χ0n) is 5.59. The SMILES string of the molecule is [CH2]C(N)C(N)C(C)C. The van der Waals surface area contributed by atoms with Gasteiger partial charge in [0, 0.05) is 12.1 Å². The van der Waals surface area contributed by atoms with Gasteiger partial charge in [0.1, 0.15) is 0 Å². The molecule has 1 radical (unpaired) electrons. The van der Waals surface area contributed by atoms with Gasteiger partial charge in [-0.2, -0.15) is 0 Å². The van der Waals surface area contributed by atoms with Crippen LogP contribution in [0.2, 0.25) is 0 Å². The van der Waals surface area contributed by atoms with Crippen LogP contribution in [0.4, 0.5) is 0 Å². The third-order valence-electron chi connectivity index (χ3n) is 1.26. The molecule has 2 unspecified atom stereocenters. The molecule has 0 aliphatic heterocycles. The lowest BCUT2D eigenvalue weighted by Gasteiger charge is -2.18. The zero-order valence-corrected chi connectivity index (χ0v) is 5.59. The molecule has 49 valence electrons. The molecule has 0 saturated carbocycles. The molecule has 0 aromatic heterocycles. The lowest BCUT2D eigenvalue weighted by molar-refractivity contribution is 0.454.